The van der Waals surface area contributed by atoms with E-state index in [4.69, 9.17) is 4.74 Å². The molecule has 2 aliphatic heterocycles. The Hall–Kier alpha value is -4.74. The number of benzene rings is 1. The van der Waals surface area contributed by atoms with Gasteiger partial charge in [-0.15, -0.1) is 0 Å². The van der Waals surface area contributed by atoms with Crippen LogP contribution in [0.5, 0.6) is 5.75 Å². The molecule has 12 heteroatoms. The number of amides is 2. The van der Waals surface area contributed by atoms with Crippen LogP contribution in [0.15, 0.2) is 52.4 Å². The van der Waals surface area contributed by atoms with E-state index < -0.39 is 10.9 Å². The van der Waals surface area contributed by atoms with E-state index in [0.717, 1.165) is 48.3 Å². The number of urea groups is 1. The number of carbonyl (C=O) groups excluding carboxylic acids is 1. The second kappa shape index (κ2) is 17.4. The summed E-state index contributed by atoms with van der Waals surface area (Å²) in [4.78, 5) is 55.9. The summed E-state index contributed by atoms with van der Waals surface area (Å²) in [5, 5.41) is 7.04. The van der Waals surface area contributed by atoms with E-state index in [0.29, 0.717) is 55.5 Å². The summed E-state index contributed by atoms with van der Waals surface area (Å²) in [6.07, 6.45) is 8.02. The minimum atomic E-state index is -0.468. The fraction of sp³-hybridized carbons (Fsp3) is 0.500. The van der Waals surface area contributed by atoms with E-state index in [1.165, 1.54) is 12.8 Å². The maximum atomic E-state index is 12.9. The van der Waals surface area contributed by atoms with Crippen LogP contribution in [0.3, 0.4) is 0 Å². The number of hydrogen-bond acceptors (Lipinski definition) is 10. The highest BCUT2D eigenvalue weighted by Crippen LogP contribution is 2.32. The monoisotopic (exact) mass is 658 g/mol. The predicted molar refractivity (Wildman–Crippen MR) is 195 cm³/mol. The Bertz CT molecular complexity index is 1690. The van der Waals surface area contributed by atoms with Gasteiger partial charge in [-0.3, -0.25) is 9.59 Å². The normalized spacial score (nSPS) is 14.5. The van der Waals surface area contributed by atoms with Crippen molar-refractivity contribution in [3.63, 3.8) is 0 Å². The van der Waals surface area contributed by atoms with Crippen LogP contribution in [0.2, 0.25) is 0 Å². The van der Waals surface area contributed by atoms with Gasteiger partial charge in [0, 0.05) is 64.2 Å². The lowest BCUT2D eigenvalue weighted by Gasteiger charge is -2.32. The lowest BCUT2D eigenvalue weighted by molar-refractivity contribution is 0.194. The van der Waals surface area contributed by atoms with Gasteiger partial charge in [-0.05, 0) is 56.4 Å². The quantitative estimate of drug-likeness (QED) is 0.163. The molecule has 48 heavy (non-hydrogen) atoms. The summed E-state index contributed by atoms with van der Waals surface area (Å²) in [6.45, 7) is 12.3. The van der Waals surface area contributed by atoms with Gasteiger partial charge in [0.15, 0.2) is 0 Å². The highest BCUT2D eigenvalue weighted by molar-refractivity contribution is 5.89. The van der Waals surface area contributed by atoms with Crippen molar-refractivity contribution >= 4 is 39.8 Å². The first-order chi connectivity index (χ1) is 23.4. The van der Waals surface area contributed by atoms with Crippen molar-refractivity contribution in [2.24, 2.45) is 0 Å². The molecule has 2 aromatic carbocycles. The van der Waals surface area contributed by atoms with Crippen LogP contribution in [0.25, 0.3) is 10.9 Å². The molecule has 4 aromatic rings. The minimum Gasteiger partial charge on any atom is -0.493 e. The molecule has 0 unspecified atom stereocenters. The third-order valence-corrected chi connectivity index (χ3v) is 8.46. The van der Waals surface area contributed by atoms with Crippen LogP contribution in [0.1, 0.15) is 71.4 Å². The Kier molecular flexibility index (Phi) is 13.1. The molecular weight excluding hydrogens is 608 g/mol. The Morgan fingerprint density at radius 3 is 2.33 bits per heavy atom. The molecule has 12 nitrogen and oxygen atoms in total. The number of aromatic nitrogens is 3. The zero-order chi connectivity index (χ0) is 34.6. The van der Waals surface area contributed by atoms with E-state index in [1.807, 2.05) is 62.9 Å². The smallest absolute Gasteiger partial charge is 0.321 e. The summed E-state index contributed by atoms with van der Waals surface area (Å²) in [6, 6.07) is 9.64. The maximum Gasteiger partial charge on any atom is 0.321 e. The predicted octanol–water partition coefficient (Wildman–Crippen LogP) is 5.63. The molecule has 0 radical (unpaired) electrons. The number of rotatable bonds is 10. The topological polar surface area (TPSA) is 133 Å². The standard InChI is InChI=1S/C32H38N8O4.2C2H6/c1-38(2)29-28(30(41)31(29)42)33-12-5-17-44-23-7-8-24-25(18-23)35-20-36-27(24)21-10-15-40(16-11-21)32(43)37-22-6-9-26(34-19-22)39-13-3-4-14-39;2*1-2/h6-9,18-21,33H,3-5,10-17H2,1-2H3,(H,37,43);2*1-2H3. The van der Waals surface area contributed by atoms with Gasteiger partial charge in [0.1, 0.15) is 29.3 Å². The summed E-state index contributed by atoms with van der Waals surface area (Å²) < 4.78 is 5.94. The number of nitrogens with one attached hydrogen (secondary N) is 2. The molecule has 0 saturated carbocycles. The summed E-state index contributed by atoms with van der Waals surface area (Å²) in [7, 11) is 3.49. The van der Waals surface area contributed by atoms with Crippen molar-refractivity contribution in [2.45, 2.75) is 65.7 Å². The van der Waals surface area contributed by atoms with Crippen molar-refractivity contribution in [1.29, 1.82) is 0 Å². The van der Waals surface area contributed by atoms with Gasteiger partial charge in [-0.2, -0.15) is 0 Å². The third-order valence-electron chi connectivity index (χ3n) is 8.46. The van der Waals surface area contributed by atoms with Gasteiger partial charge >= 0.3 is 6.03 Å². The molecule has 2 saturated heterocycles. The lowest BCUT2D eigenvalue weighted by atomic mass is 9.91. The Morgan fingerprint density at radius 2 is 1.67 bits per heavy atom. The first kappa shape index (κ1) is 36.1. The highest BCUT2D eigenvalue weighted by atomic mass is 16.5. The first-order valence-corrected chi connectivity index (χ1v) is 17.3. The fourth-order valence-corrected chi connectivity index (χ4v) is 6.07. The fourth-order valence-electron chi connectivity index (χ4n) is 6.07. The summed E-state index contributed by atoms with van der Waals surface area (Å²) >= 11 is 0. The Labute approximate surface area is 283 Å². The molecular formula is C36H50N8O4. The largest absolute Gasteiger partial charge is 0.493 e. The van der Waals surface area contributed by atoms with Crippen LogP contribution in [-0.4, -0.2) is 79.3 Å². The zero-order valence-electron chi connectivity index (χ0n) is 29.2. The van der Waals surface area contributed by atoms with Gasteiger partial charge in [-0.25, -0.2) is 19.7 Å². The molecule has 2 aliphatic rings. The molecule has 2 fully saturated rings. The van der Waals surface area contributed by atoms with Crippen LogP contribution in [-0.2, 0) is 0 Å². The van der Waals surface area contributed by atoms with Crippen LogP contribution in [0.4, 0.5) is 27.7 Å². The van der Waals surface area contributed by atoms with E-state index in [-0.39, 0.29) is 11.9 Å². The van der Waals surface area contributed by atoms with Crippen molar-refractivity contribution < 1.29 is 9.53 Å². The molecule has 258 valence electrons. The SMILES string of the molecule is CC.CC.CN(C)c1c(NCCCOc2ccc3c(C4CCN(C(=O)Nc5ccc(N6CCCC6)nc5)CC4)ncnc3c2)c(=O)c1=O. The van der Waals surface area contributed by atoms with Crippen molar-refractivity contribution in [2.75, 3.05) is 73.9 Å². The molecule has 0 atom stereocenters. The van der Waals surface area contributed by atoms with Gasteiger partial charge in [0.25, 0.3) is 10.9 Å². The average Bonchev–Trinajstić information content (AvgIpc) is 3.67. The number of pyridine rings is 1. The molecule has 0 aliphatic carbocycles. The number of fused-ring (bicyclic) bond motifs is 1. The van der Waals surface area contributed by atoms with E-state index in [1.54, 1.807) is 31.5 Å². The maximum absolute atomic E-state index is 12.9. The summed E-state index contributed by atoms with van der Waals surface area (Å²) in [5.41, 5.74) is 2.40. The van der Waals surface area contributed by atoms with Crippen LogP contribution >= 0.6 is 0 Å². The highest BCUT2D eigenvalue weighted by Gasteiger charge is 2.26. The van der Waals surface area contributed by atoms with E-state index in [2.05, 4.69) is 30.5 Å². The van der Waals surface area contributed by atoms with Crippen molar-refractivity contribution in [3.05, 3.63) is 69.0 Å². The molecule has 2 amide bonds. The number of ether oxygens (including phenoxy) is 1. The Balaban J connectivity index is 0.00000125. The molecule has 0 bridgehead atoms. The number of likely N-dealkylation sites (tertiary alicyclic amines) is 1. The van der Waals surface area contributed by atoms with Gasteiger partial charge in [0.05, 0.1) is 29.7 Å². The molecule has 0 spiro atoms. The molecule has 2 N–H and O–H groups in total. The molecule has 4 heterocycles. The van der Waals surface area contributed by atoms with Crippen molar-refractivity contribution in [1.82, 2.24) is 19.9 Å². The van der Waals surface area contributed by atoms with Gasteiger partial charge < -0.3 is 30.1 Å². The van der Waals surface area contributed by atoms with E-state index in [9.17, 15) is 14.4 Å². The van der Waals surface area contributed by atoms with Gasteiger partial charge in [0.2, 0.25) is 0 Å². The molecule has 6 rings (SSSR count). The number of anilines is 4. The van der Waals surface area contributed by atoms with E-state index >= 15 is 0 Å². The number of carbonyl (C=O) groups is 1. The number of nitrogens with zero attached hydrogens (tertiary/aromatic N) is 6. The zero-order valence-corrected chi connectivity index (χ0v) is 29.2. The Morgan fingerprint density at radius 1 is 0.938 bits per heavy atom. The van der Waals surface area contributed by atoms with Gasteiger partial charge in [-0.1, -0.05) is 27.7 Å². The number of hydrogen-bond donors (Lipinski definition) is 2. The number of piperidine rings is 1. The van der Waals surface area contributed by atoms with Crippen LogP contribution < -0.4 is 36.0 Å². The second-order valence-electron chi connectivity index (χ2n) is 11.6. The summed E-state index contributed by atoms with van der Waals surface area (Å²) in [5.74, 6) is 1.90. The molecule has 2 aromatic heterocycles. The lowest BCUT2D eigenvalue weighted by Crippen LogP contribution is -2.40. The first-order valence-electron chi connectivity index (χ1n) is 17.3. The average molecular weight is 659 g/mol. The second-order valence-corrected chi connectivity index (χ2v) is 11.6. The van der Waals surface area contributed by atoms with Crippen molar-refractivity contribution in [3.8, 4) is 5.75 Å². The minimum absolute atomic E-state index is 0.105. The van der Waals surface area contributed by atoms with Crippen LogP contribution in [0, 0.1) is 0 Å². The third kappa shape index (κ3) is 8.39.